The molecule has 68 valence electrons. The fourth-order valence-electron chi connectivity index (χ4n) is 1.17. The fourth-order valence-corrected chi connectivity index (χ4v) is 1.17. The van der Waals surface area contributed by atoms with Crippen LogP contribution in [0.2, 0.25) is 0 Å². The molecule has 0 spiro atoms. The van der Waals surface area contributed by atoms with Crippen molar-refractivity contribution >= 4 is 16.9 Å². The van der Waals surface area contributed by atoms with Crippen LogP contribution < -0.4 is 11.1 Å². The third kappa shape index (κ3) is 1.23. The smallest absolute Gasteiger partial charge is 0.249 e. The molecular weight excluding hydrogens is 168 g/mol. The number of nitrogens with one attached hydrogen (secondary N) is 1. The Labute approximate surface area is 75.0 Å². The molecule has 0 fully saturated rings. The molecule has 0 atom stereocenters. The largest absolute Gasteiger partial charge is 0.421 e. The summed E-state index contributed by atoms with van der Waals surface area (Å²) in [6, 6.07) is 1.84. The van der Waals surface area contributed by atoms with E-state index >= 15 is 0 Å². The molecule has 5 heteroatoms. The summed E-state index contributed by atoms with van der Waals surface area (Å²) >= 11 is 0. The first-order chi connectivity index (χ1) is 6.35. The molecule has 0 aliphatic rings. The minimum Gasteiger partial charge on any atom is -0.421 e. The summed E-state index contributed by atoms with van der Waals surface area (Å²) in [5, 5.41) is 3.00. The average molecular weight is 178 g/mol. The van der Waals surface area contributed by atoms with Gasteiger partial charge in [-0.1, -0.05) is 0 Å². The van der Waals surface area contributed by atoms with Crippen molar-refractivity contribution < 1.29 is 4.42 Å². The van der Waals surface area contributed by atoms with Gasteiger partial charge in [-0.05, 0) is 6.07 Å². The minimum atomic E-state index is 0.291. The van der Waals surface area contributed by atoms with Crippen LogP contribution in [-0.2, 0) is 6.54 Å². The van der Waals surface area contributed by atoms with E-state index in [1.54, 1.807) is 6.20 Å². The zero-order chi connectivity index (χ0) is 9.26. The predicted octanol–water partition coefficient (Wildman–Crippen LogP) is 0.723. The van der Waals surface area contributed by atoms with Crippen LogP contribution in [0.3, 0.4) is 0 Å². The number of rotatable bonds is 2. The monoisotopic (exact) mass is 178 g/mol. The van der Waals surface area contributed by atoms with E-state index in [9.17, 15) is 0 Å². The predicted molar refractivity (Wildman–Crippen MR) is 49.2 cm³/mol. The van der Waals surface area contributed by atoms with E-state index in [-0.39, 0.29) is 0 Å². The van der Waals surface area contributed by atoms with Crippen LogP contribution >= 0.6 is 0 Å². The maximum absolute atomic E-state index is 5.40. The Bertz CT molecular complexity index is 423. The number of anilines is 1. The van der Waals surface area contributed by atoms with Gasteiger partial charge in [0.1, 0.15) is 0 Å². The van der Waals surface area contributed by atoms with Crippen molar-refractivity contribution in [3.05, 3.63) is 18.2 Å². The van der Waals surface area contributed by atoms with Gasteiger partial charge in [-0.2, -0.15) is 0 Å². The number of nitrogens with zero attached hydrogens (tertiary/aromatic N) is 2. The molecule has 2 aromatic rings. The second kappa shape index (κ2) is 3.02. The van der Waals surface area contributed by atoms with Gasteiger partial charge < -0.3 is 15.5 Å². The van der Waals surface area contributed by atoms with Crippen LogP contribution in [0.5, 0.6) is 0 Å². The molecule has 0 radical (unpaired) electrons. The lowest BCUT2D eigenvalue weighted by atomic mass is 10.4. The van der Waals surface area contributed by atoms with Crippen LogP contribution in [0.25, 0.3) is 11.2 Å². The standard InChI is InChI=1S/C8H10N4O/c1-10-5-2-3-11-8-7(5)12-6(4-9)13-8/h2-3H,4,9H2,1H3,(H,10,11). The topological polar surface area (TPSA) is 77.0 Å². The van der Waals surface area contributed by atoms with Gasteiger partial charge >= 0.3 is 0 Å². The van der Waals surface area contributed by atoms with Gasteiger partial charge in [0.15, 0.2) is 5.52 Å². The molecule has 0 saturated heterocycles. The number of fused-ring (bicyclic) bond motifs is 1. The molecule has 3 N–H and O–H groups in total. The molecule has 0 aromatic carbocycles. The van der Waals surface area contributed by atoms with Crippen molar-refractivity contribution in [2.75, 3.05) is 12.4 Å². The molecule has 0 saturated carbocycles. The first-order valence-corrected chi connectivity index (χ1v) is 3.97. The molecule has 2 heterocycles. The normalized spacial score (nSPS) is 10.6. The summed E-state index contributed by atoms with van der Waals surface area (Å²) in [7, 11) is 1.82. The summed E-state index contributed by atoms with van der Waals surface area (Å²) in [5.74, 6) is 0.505. The second-order valence-corrected chi connectivity index (χ2v) is 2.57. The third-order valence-corrected chi connectivity index (χ3v) is 1.79. The molecule has 2 rings (SSSR count). The number of hydrogen-bond acceptors (Lipinski definition) is 5. The SMILES string of the molecule is CNc1ccnc2oc(CN)nc12. The van der Waals surface area contributed by atoms with E-state index in [0.717, 1.165) is 11.2 Å². The van der Waals surface area contributed by atoms with Gasteiger partial charge in [-0.3, -0.25) is 0 Å². The highest BCUT2D eigenvalue weighted by Gasteiger charge is 2.08. The first-order valence-electron chi connectivity index (χ1n) is 3.97. The minimum absolute atomic E-state index is 0.291. The zero-order valence-corrected chi connectivity index (χ0v) is 7.24. The lowest BCUT2D eigenvalue weighted by Crippen LogP contribution is -1.95. The molecule has 5 nitrogen and oxygen atoms in total. The van der Waals surface area contributed by atoms with E-state index in [0.29, 0.717) is 18.1 Å². The van der Waals surface area contributed by atoms with Gasteiger partial charge in [0.2, 0.25) is 11.6 Å². The fraction of sp³-hybridized carbons (Fsp3) is 0.250. The summed E-state index contributed by atoms with van der Waals surface area (Å²) in [6.45, 7) is 0.291. The van der Waals surface area contributed by atoms with Crippen LogP contribution in [0, 0.1) is 0 Å². The lowest BCUT2D eigenvalue weighted by molar-refractivity contribution is 0.525. The zero-order valence-electron chi connectivity index (χ0n) is 7.24. The van der Waals surface area contributed by atoms with E-state index in [1.165, 1.54) is 0 Å². The molecular formula is C8H10N4O. The number of aromatic nitrogens is 2. The maximum Gasteiger partial charge on any atom is 0.249 e. The van der Waals surface area contributed by atoms with Crippen LogP contribution in [0.1, 0.15) is 5.89 Å². The van der Waals surface area contributed by atoms with E-state index in [4.69, 9.17) is 10.2 Å². The first kappa shape index (κ1) is 8.00. The Hall–Kier alpha value is -1.62. The summed E-state index contributed by atoms with van der Waals surface area (Å²) in [4.78, 5) is 8.22. The molecule has 0 bridgehead atoms. The van der Waals surface area contributed by atoms with E-state index in [2.05, 4.69) is 15.3 Å². The Morgan fingerprint density at radius 1 is 1.62 bits per heavy atom. The van der Waals surface area contributed by atoms with Crippen LogP contribution in [-0.4, -0.2) is 17.0 Å². The molecule has 2 aromatic heterocycles. The van der Waals surface area contributed by atoms with Crippen molar-refractivity contribution in [3.8, 4) is 0 Å². The Morgan fingerprint density at radius 3 is 3.15 bits per heavy atom. The van der Waals surface area contributed by atoms with E-state index < -0.39 is 0 Å². The number of hydrogen-bond donors (Lipinski definition) is 2. The molecule has 0 aliphatic carbocycles. The van der Waals surface area contributed by atoms with Gasteiger partial charge in [0.25, 0.3) is 0 Å². The number of pyridine rings is 1. The highest BCUT2D eigenvalue weighted by molar-refractivity contribution is 5.83. The van der Waals surface area contributed by atoms with Crippen molar-refractivity contribution in [2.45, 2.75) is 6.54 Å². The van der Waals surface area contributed by atoms with Gasteiger partial charge in [-0.15, -0.1) is 0 Å². The van der Waals surface area contributed by atoms with Crippen molar-refractivity contribution in [3.63, 3.8) is 0 Å². The Balaban J connectivity index is 2.67. The quantitative estimate of drug-likeness (QED) is 0.708. The number of oxazole rings is 1. The van der Waals surface area contributed by atoms with Gasteiger partial charge in [0.05, 0.1) is 12.2 Å². The van der Waals surface area contributed by atoms with E-state index in [1.807, 2.05) is 13.1 Å². The molecule has 0 amide bonds. The molecule has 13 heavy (non-hydrogen) atoms. The average Bonchev–Trinajstić information content (AvgIpc) is 2.59. The highest BCUT2D eigenvalue weighted by Crippen LogP contribution is 2.20. The maximum atomic E-state index is 5.40. The lowest BCUT2D eigenvalue weighted by Gasteiger charge is -1.96. The van der Waals surface area contributed by atoms with Crippen molar-refractivity contribution in [1.29, 1.82) is 0 Å². The van der Waals surface area contributed by atoms with Crippen molar-refractivity contribution in [1.82, 2.24) is 9.97 Å². The molecule has 0 unspecified atom stereocenters. The summed E-state index contributed by atoms with van der Waals surface area (Å²) in [5.41, 5.74) is 7.55. The third-order valence-electron chi connectivity index (χ3n) is 1.79. The Morgan fingerprint density at radius 2 is 2.46 bits per heavy atom. The van der Waals surface area contributed by atoms with Crippen LogP contribution in [0.15, 0.2) is 16.7 Å². The second-order valence-electron chi connectivity index (χ2n) is 2.57. The highest BCUT2D eigenvalue weighted by atomic mass is 16.4. The summed E-state index contributed by atoms with van der Waals surface area (Å²) < 4.78 is 5.27. The number of nitrogens with two attached hydrogens (primary N) is 1. The van der Waals surface area contributed by atoms with Crippen LogP contribution in [0.4, 0.5) is 5.69 Å². The van der Waals surface area contributed by atoms with Gasteiger partial charge in [-0.25, -0.2) is 9.97 Å². The summed E-state index contributed by atoms with van der Waals surface area (Å²) in [6.07, 6.45) is 1.67. The van der Waals surface area contributed by atoms with Gasteiger partial charge in [0, 0.05) is 13.2 Å². The van der Waals surface area contributed by atoms with Crippen molar-refractivity contribution in [2.24, 2.45) is 5.73 Å². The Kier molecular flexibility index (Phi) is 1.86. The molecule has 0 aliphatic heterocycles.